The maximum atomic E-state index is 10.6. The van der Waals surface area contributed by atoms with E-state index in [-0.39, 0.29) is 29.8 Å². The summed E-state index contributed by atoms with van der Waals surface area (Å²) in [6, 6.07) is -0.102. The molecule has 0 radical (unpaired) electrons. The third-order valence-electron chi connectivity index (χ3n) is 1.93. The second-order valence-corrected chi connectivity index (χ2v) is 3.70. The molecule has 1 aliphatic heterocycles. The third-order valence-corrected chi connectivity index (χ3v) is 1.93. The molecule has 0 aliphatic carbocycles. The number of carbonyl (C=O) groups is 1. The minimum absolute atomic E-state index is 0. The molecule has 1 heterocycles. The second kappa shape index (κ2) is 3.41. The Bertz CT molecular complexity index is 159. The Kier molecular flexibility index (Phi) is 3.32. The van der Waals surface area contributed by atoms with Crippen LogP contribution in [0.5, 0.6) is 0 Å². The van der Waals surface area contributed by atoms with Crippen LogP contribution in [0.15, 0.2) is 0 Å². The quantitative estimate of drug-likeness (QED) is 0.606. The number of hydrogen-bond donors (Lipinski definition) is 2. The summed E-state index contributed by atoms with van der Waals surface area (Å²) in [4.78, 5) is 10.6. The molecule has 4 heteroatoms. The Hall–Kier alpha value is -0.280. The van der Waals surface area contributed by atoms with Crippen LogP contribution in [-0.2, 0) is 4.79 Å². The number of halogens is 1. The van der Waals surface area contributed by atoms with E-state index in [1.807, 2.05) is 0 Å². The van der Waals surface area contributed by atoms with Crippen LogP contribution in [0.2, 0.25) is 0 Å². The van der Waals surface area contributed by atoms with Gasteiger partial charge in [-0.05, 0) is 11.8 Å². The van der Waals surface area contributed by atoms with E-state index in [4.69, 9.17) is 5.73 Å². The molecule has 1 rings (SSSR count). The zero-order valence-electron chi connectivity index (χ0n) is 6.89. The van der Waals surface area contributed by atoms with Crippen molar-refractivity contribution < 1.29 is 4.79 Å². The van der Waals surface area contributed by atoms with E-state index in [2.05, 4.69) is 19.2 Å². The normalized spacial score (nSPS) is 27.6. The number of hydrogen-bond acceptors (Lipinski definition) is 2. The highest BCUT2D eigenvalue weighted by Gasteiger charge is 2.33. The molecule has 0 saturated carbocycles. The predicted octanol–water partition coefficient (Wildman–Crippen LogP) is 0.282. The summed E-state index contributed by atoms with van der Waals surface area (Å²) in [6.07, 6.45) is 0.863. The van der Waals surface area contributed by atoms with Crippen LogP contribution in [0.25, 0.3) is 0 Å². The third kappa shape index (κ3) is 2.67. The Labute approximate surface area is 73.1 Å². The van der Waals surface area contributed by atoms with E-state index in [1.165, 1.54) is 0 Å². The SMILES string of the molecule is CC1(C)CNC(C(N)=O)C1.Cl. The molecule has 0 aromatic heterocycles. The van der Waals surface area contributed by atoms with Crippen molar-refractivity contribution in [2.45, 2.75) is 26.3 Å². The fourth-order valence-electron chi connectivity index (χ4n) is 1.30. The fourth-order valence-corrected chi connectivity index (χ4v) is 1.30. The summed E-state index contributed by atoms with van der Waals surface area (Å²) < 4.78 is 0. The van der Waals surface area contributed by atoms with E-state index in [0.717, 1.165) is 13.0 Å². The summed E-state index contributed by atoms with van der Waals surface area (Å²) in [5.74, 6) is -0.231. The van der Waals surface area contributed by atoms with E-state index < -0.39 is 0 Å². The van der Waals surface area contributed by atoms with Gasteiger partial charge in [-0.2, -0.15) is 0 Å². The maximum Gasteiger partial charge on any atom is 0.234 e. The van der Waals surface area contributed by atoms with Gasteiger partial charge < -0.3 is 11.1 Å². The molecule has 0 bridgehead atoms. The van der Waals surface area contributed by atoms with Crippen LogP contribution in [-0.4, -0.2) is 18.5 Å². The van der Waals surface area contributed by atoms with Gasteiger partial charge in [-0.15, -0.1) is 12.4 Å². The van der Waals surface area contributed by atoms with Crippen molar-refractivity contribution in [2.24, 2.45) is 11.1 Å². The fraction of sp³-hybridized carbons (Fsp3) is 0.857. The van der Waals surface area contributed by atoms with Gasteiger partial charge in [0, 0.05) is 6.54 Å². The summed E-state index contributed by atoms with van der Waals surface area (Å²) in [5.41, 5.74) is 5.35. The van der Waals surface area contributed by atoms with Crippen LogP contribution in [0.1, 0.15) is 20.3 Å². The van der Waals surface area contributed by atoms with Gasteiger partial charge in [-0.3, -0.25) is 4.79 Å². The zero-order chi connectivity index (χ0) is 7.78. The average Bonchev–Trinajstić information content (AvgIpc) is 2.10. The van der Waals surface area contributed by atoms with E-state index in [0.29, 0.717) is 0 Å². The van der Waals surface area contributed by atoms with Gasteiger partial charge >= 0.3 is 0 Å². The Morgan fingerprint density at radius 2 is 2.18 bits per heavy atom. The van der Waals surface area contributed by atoms with Gasteiger partial charge in [-0.25, -0.2) is 0 Å². The lowest BCUT2D eigenvalue weighted by molar-refractivity contribution is -0.119. The van der Waals surface area contributed by atoms with Gasteiger partial charge in [0.2, 0.25) is 5.91 Å². The number of nitrogens with two attached hydrogens (primary N) is 1. The first kappa shape index (κ1) is 10.7. The van der Waals surface area contributed by atoms with Crippen LogP contribution in [0, 0.1) is 5.41 Å². The van der Waals surface area contributed by atoms with E-state index >= 15 is 0 Å². The number of carbonyl (C=O) groups excluding carboxylic acids is 1. The van der Waals surface area contributed by atoms with Gasteiger partial charge in [0.1, 0.15) is 0 Å². The van der Waals surface area contributed by atoms with E-state index in [1.54, 1.807) is 0 Å². The summed E-state index contributed by atoms with van der Waals surface area (Å²) in [7, 11) is 0. The summed E-state index contributed by atoms with van der Waals surface area (Å²) in [6.45, 7) is 5.15. The zero-order valence-corrected chi connectivity index (χ0v) is 7.70. The van der Waals surface area contributed by atoms with E-state index in [9.17, 15) is 4.79 Å². The Morgan fingerprint density at radius 3 is 2.36 bits per heavy atom. The van der Waals surface area contributed by atoms with Crippen LogP contribution < -0.4 is 11.1 Å². The van der Waals surface area contributed by atoms with Crippen LogP contribution in [0.4, 0.5) is 0 Å². The average molecular weight is 179 g/mol. The Morgan fingerprint density at radius 1 is 1.64 bits per heavy atom. The molecule has 1 atom stereocenters. The molecule has 1 amide bonds. The van der Waals surface area contributed by atoms with Crippen LogP contribution >= 0.6 is 12.4 Å². The minimum atomic E-state index is -0.231. The highest BCUT2D eigenvalue weighted by Crippen LogP contribution is 2.26. The van der Waals surface area contributed by atoms with Crippen molar-refractivity contribution >= 4 is 18.3 Å². The maximum absolute atomic E-state index is 10.6. The summed E-state index contributed by atoms with van der Waals surface area (Å²) >= 11 is 0. The highest BCUT2D eigenvalue weighted by molar-refractivity contribution is 5.85. The second-order valence-electron chi connectivity index (χ2n) is 3.70. The molecule has 1 aliphatic rings. The molecule has 1 saturated heterocycles. The molecule has 1 fully saturated rings. The van der Waals surface area contributed by atoms with Crippen molar-refractivity contribution in [2.75, 3.05) is 6.54 Å². The largest absolute Gasteiger partial charge is 0.368 e. The number of primary amides is 1. The van der Waals surface area contributed by atoms with Crippen molar-refractivity contribution in [3.05, 3.63) is 0 Å². The van der Waals surface area contributed by atoms with Crippen molar-refractivity contribution in [3.8, 4) is 0 Å². The number of amides is 1. The number of nitrogens with one attached hydrogen (secondary N) is 1. The first-order valence-electron chi connectivity index (χ1n) is 3.54. The Balaban J connectivity index is 0.000001000. The first-order chi connectivity index (χ1) is 4.51. The molecular formula is C7H15ClN2O. The topological polar surface area (TPSA) is 55.1 Å². The molecule has 0 aromatic carbocycles. The van der Waals surface area contributed by atoms with Crippen molar-refractivity contribution in [1.82, 2.24) is 5.32 Å². The predicted molar refractivity (Wildman–Crippen MR) is 46.6 cm³/mol. The monoisotopic (exact) mass is 178 g/mol. The van der Waals surface area contributed by atoms with Crippen molar-refractivity contribution in [3.63, 3.8) is 0 Å². The highest BCUT2D eigenvalue weighted by atomic mass is 35.5. The molecule has 3 N–H and O–H groups in total. The minimum Gasteiger partial charge on any atom is -0.368 e. The standard InChI is InChI=1S/C7H14N2O.ClH/c1-7(2)3-5(6(8)10)9-4-7;/h5,9H,3-4H2,1-2H3,(H2,8,10);1H. The van der Waals surface area contributed by atoms with Gasteiger partial charge in [0.05, 0.1) is 6.04 Å². The van der Waals surface area contributed by atoms with Gasteiger partial charge in [-0.1, -0.05) is 13.8 Å². The lowest BCUT2D eigenvalue weighted by Crippen LogP contribution is -2.36. The molecule has 66 valence electrons. The van der Waals surface area contributed by atoms with Gasteiger partial charge in [0.15, 0.2) is 0 Å². The number of rotatable bonds is 1. The molecule has 3 nitrogen and oxygen atoms in total. The molecule has 0 spiro atoms. The van der Waals surface area contributed by atoms with Crippen molar-refractivity contribution in [1.29, 1.82) is 0 Å². The molecule has 1 unspecified atom stereocenters. The van der Waals surface area contributed by atoms with Crippen LogP contribution in [0.3, 0.4) is 0 Å². The first-order valence-corrected chi connectivity index (χ1v) is 3.54. The molecule has 0 aromatic rings. The lowest BCUT2D eigenvalue weighted by Gasteiger charge is -2.13. The smallest absolute Gasteiger partial charge is 0.234 e. The summed E-state index contributed by atoms with van der Waals surface area (Å²) in [5, 5.41) is 3.07. The molecular weight excluding hydrogens is 164 g/mol. The molecule has 11 heavy (non-hydrogen) atoms. The lowest BCUT2D eigenvalue weighted by atomic mass is 9.90. The van der Waals surface area contributed by atoms with Gasteiger partial charge in [0.25, 0.3) is 0 Å².